The Morgan fingerprint density at radius 1 is 1.28 bits per heavy atom. The Hall–Kier alpha value is -0.220. The van der Waals surface area contributed by atoms with Crippen LogP contribution in [0.2, 0.25) is 0 Å². The Morgan fingerprint density at radius 3 is 2.89 bits per heavy atom. The zero-order valence-electron chi connectivity index (χ0n) is 11.1. The fourth-order valence-electron chi connectivity index (χ4n) is 3.75. The van der Waals surface area contributed by atoms with Gasteiger partial charge in [0.15, 0.2) is 0 Å². The fraction of sp³-hybridized carbons (Fsp3) is 0.929. The maximum atomic E-state index is 12.5. The molecule has 3 fully saturated rings. The van der Waals surface area contributed by atoms with Gasteiger partial charge in [-0.1, -0.05) is 0 Å². The van der Waals surface area contributed by atoms with Crippen LogP contribution in [0.1, 0.15) is 38.5 Å². The summed E-state index contributed by atoms with van der Waals surface area (Å²) in [5, 5.41) is 3.81. The minimum atomic E-state index is 0.275. The van der Waals surface area contributed by atoms with Crippen LogP contribution < -0.4 is 5.32 Å². The first-order valence-corrected chi connectivity index (χ1v) is 8.45. The van der Waals surface area contributed by atoms with Gasteiger partial charge in [-0.2, -0.15) is 0 Å². The van der Waals surface area contributed by atoms with Crippen molar-refractivity contribution in [3.63, 3.8) is 0 Å². The SMILES string of the molecule is O=C(C1CCCS1)N1CCCC2(CCCNC2)C1. The molecule has 0 aromatic rings. The number of carbonyl (C=O) groups is 1. The van der Waals surface area contributed by atoms with Crippen molar-refractivity contribution in [2.75, 3.05) is 31.9 Å². The van der Waals surface area contributed by atoms with E-state index in [0.717, 1.165) is 32.6 Å². The predicted molar refractivity (Wildman–Crippen MR) is 75.8 cm³/mol. The Bertz CT molecular complexity index is 303. The molecule has 3 aliphatic heterocycles. The van der Waals surface area contributed by atoms with Crippen molar-refractivity contribution in [1.29, 1.82) is 0 Å². The van der Waals surface area contributed by atoms with Gasteiger partial charge >= 0.3 is 0 Å². The molecule has 18 heavy (non-hydrogen) atoms. The maximum absolute atomic E-state index is 12.5. The number of thioether (sulfide) groups is 1. The molecule has 0 bridgehead atoms. The van der Waals surface area contributed by atoms with E-state index in [0.29, 0.717) is 11.3 Å². The number of hydrogen-bond donors (Lipinski definition) is 1. The normalized spacial score (nSPS) is 37.1. The molecule has 3 rings (SSSR count). The van der Waals surface area contributed by atoms with E-state index in [9.17, 15) is 4.79 Å². The molecule has 3 nitrogen and oxygen atoms in total. The van der Waals surface area contributed by atoms with Crippen molar-refractivity contribution in [3.8, 4) is 0 Å². The van der Waals surface area contributed by atoms with Crippen molar-refractivity contribution in [2.24, 2.45) is 5.41 Å². The molecule has 0 aliphatic carbocycles. The Kier molecular flexibility index (Phi) is 3.85. The molecular weight excluding hydrogens is 244 g/mol. The molecule has 1 N–H and O–H groups in total. The first kappa shape index (κ1) is 12.8. The highest BCUT2D eigenvalue weighted by molar-refractivity contribution is 8.00. The topological polar surface area (TPSA) is 32.3 Å². The smallest absolute Gasteiger partial charge is 0.235 e. The molecule has 0 saturated carbocycles. The molecule has 2 unspecified atom stereocenters. The second-order valence-electron chi connectivity index (χ2n) is 6.15. The van der Waals surface area contributed by atoms with Gasteiger partial charge in [0.1, 0.15) is 0 Å². The summed E-state index contributed by atoms with van der Waals surface area (Å²) < 4.78 is 0. The fourth-order valence-corrected chi connectivity index (χ4v) is 4.99. The van der Waals surface area contributed by atoms with E-state index in [4.69, 9.17) is 0 Å². The highest BCUT2D eigenvalue weighted by atomic mass is 32.2. The van der Waals surface area contributed by atoms with E-state index in [2.05, 4.69) is 10.2 Å². The lowest BCUT2D eigenvalue weighted by molar-refractivity contribution is -0.134. The van der Waals surface area contributed by atoms with E-state index < -0.39 is 0 Å². The summed E-state index contributed by atoms with van der Waals surface area (Å²) in [7, 11) is 0. The van der Waals surface area contributed by atoms with Crippen LogP contribution >= 0.6 is 11.8 Å². The highest BCUT2D eigenvalue weighted by Gasteiger charge is 2.39. The third-order valence-electron chi connectivity index (χ3n) is 4.74. The average Bonchev–Trinajstić information content (AvgIpc) is 2.93. The largest absolute Gasteiger partial charge is 0.341 e. The van der Waals surface area contributed by atoms with Crippen LogP contribution in [0.15, 0.2) is 0 Å². The summed E-state index contributed by atoms with van der Waals surface area (Å²) in [4.78, 5) is 14.7. The van der Waals surface area contributed by atoms with Crippen LogP contribution in [0.3, 0.4) is 0 Å². The van der Waals surface area contributed by atoms with Crippen LogP contribution in [0.4, 0.5) is 0 Å². The van der Waals surface area contributed by atoms with Crippen molar-refractivity contribution in [3.05, 3.63) is 0 Å². The van der Waals surface area contributed by atoms with Gasteiger partial charge < -0.3 is 10.2 Å². The van der Waals surface area contributed by atoms with Crippen LogP contribution in [0, 0.1) is 5.41 Å². The van der Waals surface area contributed by atoms with E-state index in [1.165, 1.54) is 37.9 Å². The van der Waals surface area contributed by atoms with Crippen molar-refractivity contribution in [1.82, 2.24) is 10.2 Å². The van der Waals surface area contributed by atoms with E-state index in [1.54, 1.807) is 0 Å². The third-order valence-corrected chi connectivity index (χ3v) is 6.10. The minimum Gasteiger partial charge on any atom is -0.341 e. The minimum absolute atomic E-state index is 0.275. The molecule has 3 saturated heterocycles. The molecule has 0 radical (unpaired) electrons. The summed E-state index contributed by atoms with van der Waals surface area (Å²) in [6.07, 6.45) is 7.42. The van der Waals surface area contributed by atoms with E-state index >= 15 is 0 Å². The molecule has 3 aliphatic rings. The molecule has 1 amide bonds. The summed E-state index contributed by atoms with van der Waals surface area (Å²) >= 11 is 1.87. The van der Waals surface area contributed by atoms with E-state index in [1.807, 2.05) is 11.8 Å². The van der Waals surface area contributed by atoms with Crippen LogP contribution in [-0.4, -0.2) is 48.0 Å². The maximum Gasteiger partial charge on any atom is 0.235 e. The lowest BCUT2D eigenvalue weighted by Gasteiger charge is -2.46. The molecule has 1 spiro atoms. The highest BCUT2D eigenvalue weighted by Crippen LogP contribution is 2.37. The lowest BCUT2D eigenvalue weighted by Crippen LogP contribution is -2.53. The molecule has 102 valence electrons. The Labute approximate surface area is 114 Å². The second kappa shape index (κ2) is 5.41. The number of nitrogens with zero attached hydrogens (tertiary/aromatic N) is 1. The van der Waals surface area contributed by atoms with Crippen LogP contribution in [0.25, 0.3) is 0 Å². The Balaban J connectivity index is 1.64. The molecule has 3 heterocycles. The quantitative estimate of drug-likeness (QED) is 0.788. The van der Waals surface area contributed by atoms with Gasteiger partial charge in [0.25, 0.3) is 0 Å². The average molecular weight is 268 g/mol. The van der Waals surface area contributed by atoms with Crippen molar-refractivity contribution in [2.45, 2.75) is 43.8 Å². The van der Waals surface area contributed by atoms with Gasteiger partial charge in [0.05, 0.1) is 5.25 Å². The molecule has 4 heteroatoms. The van der Waals surface area contributed by atoms with Gasteiger partial charge in [0.2, 0.25) is 5.91 Å². The first-order chi connectivity index (χ1) is 8.79. The van der Waals surface area contributed by atoms with Crippen molar-refractivity contribution < 1.29 is 4.79 Å². The standard InChI is InChI=1S/C14H24N2OS/c17-13(12-4-1-9-18-12)16-8-3-6-14(11-16)5-2-7-15-10-14/h12,15H,1-11H2. The molecule has 0 aromatic heterocycles. The zero-order chi connectivity index (χ0) is 12.4. The molecular formula is C14H24N2OS. The van der Waals surface area contributed by atoms with Gasteiger partial charge in [-0.05, 0) is 50.8 Å². The summed E-state index contributed by atoms with van der Waals surface area (Å²) in [5.41, 5.74) is 0.398. The number of amides is 1. The first-order valence-electron chi connectivity index (χ1n) is 7.40. The van der Waals surface area contributed by atoms with Gasteiger partial charge in [-0.3, -0.25) is 4.79 Å². The third kappa shape index (κ3) is 2.55. The second-order valence-corrected chi connectivity index (χ2v) is 7.46. The monoisotopic (exact) mass is 268 g/mol. The van der Waals surface area contributed by atoms with Crippen LogP contribution in [0.5, 0.6) is 0 Å². The number of nitrogens with one attached hydrogen (secondary N) is 1. The van der Waals surface area contributed by atoms with E-state index in [-0.39, 0.29) is 5.25 Å². The van der Waals surface area contributed by atoms with Crippen molar-refractivity contribution >= 4 is 17.7 Å². The number of hydrogen-bond acceptors (Lipinski definition) is 3. The summed E-state index contributed by atoms with van der Waals surface area (Å²) in [5.74, 6) is 1.61. The molecule has 2 atom stereocenters. The summed E-state index contributed by atoms with van der Waals surface area (Å²) in [6.45, 7) is 4.29. The number of rotatable bonds is 1. The number of carbonyl (C=O) groups excluding carboxylic acids is 1. The van der Waals surface area contributed by atoms with Gasteiger partial charge in [0, 0.05) is 25.0 Å². The lowest BCUT2D eigenvalue weighted by atomic mass is 9.74. The zero-order valence-corrected chi connectivity index (χ0v) is 11.9. The number of piperidine rings is 2. The van der Waals surface area contributed by atoms with Gasteiger partial charge in [-0.25, -0.2) is 0 Å². The molecule has 0 aromatic carbocycles. The van der Waals surface area contributed by atoms with Crippen LogP contribution in [-0.2, 0) is 4.79 Å². The Morgan fingerprint density at radius 2 is 2.17 bits per heavy atom. The summed E-state index contributed by atoms with van der Waals surface area (Å²) in [6, 6.07) is 0. The predicted octanol–water partition coefficient (Wildman–Crippen LogP) is 1.87. The number of likely N-dealkylation sites (tertiary alicyclic amines) is 1. The van der Waals surface area contributed by atoms with Gasteiger partial charge in [-0.15, -0.1) is 11.8 Å².